The molecule has 0 fully saturated rings. The number of carbonyl (C=O) groups is 2. The number of aryl methyl sites for hydroxylation is 2. The molecule has 0 saturated heterocycles. The van der Waals surface area contributed by atoms with E-state index >= 15 is 0 Å². The molecule has 2 amide bonds. The van der Waals surface area contributed by atoms with Crippen molar-refractivity contribution in [2.45, 2.75) is 13.8 Å². The summed E-state index contributed by atoms with van der Waals surface area (Å²) in [6, 6.07) is 39.5. The Labute approximate surface area is 390 Å². The van der Waals surface area contributed by atoms with Crippen molar-refractivity contribution in [2.75, 3.05) is 10.6 Å². The van der Waals surface area contributed by atoms with Gasteiger partial charge in [0.1, 0.15) is 28.5 Å². The van der Waals surface area contributed by atoms with Gasteiger partial charge in [0.05, 0.1) is 27.0 Å². The molecule has 0 aliphatic carbocycles. The van der Waals surface area contributed by atoms with E-state index in [0.29, 0.717) is 44.9 Å². The fourth-order valence-corrected chi connectivity index (χ4v) is 6.76. The minimum absolute atomic E-state index is 0. The third kappa shape index (κ3) is 10.7. The smallest absolute Gasteiger partial charge is 0.319 e. The van der Waals surface area contributed by atoms with Crippen LogP contribution < -0.4 is 10.6 Å². The van der Waals surface area contributed by atoms with Crippen molar-refractivity contribution in [3.05, 3.63) is 188 Å². The molecule has 0 radical (unpaired) electrons. The van der Waals surface area contributed by atoms with E-state index in [1.165, 1.54) is 6.07 Å². The molecule has 0 spiro atoms. The Morgan fingerprint density at radius 3 is 1.39 bits per heavy atom. The van der Waals surface area contributed by atoms with E-state index in [0.717, 1.165) is 17.0 Å². The molecule has 334 valence electrons. The molecule has 8 rings (SSSR count). The van der Waals surface area contributed by atoms with Gasteiger partial charge in [-0.15, -0.1) is 20.5 Å². The first kappa shape index (κ1) is 47.4. The number of para-hydroxylation sites is 2. The summed E-state index contributed by atoms with van der Waals surface area (Å²) in [5.41, 5.74) is 0.765. The summed E-state index contributed by atoms with van der Waals surface area (Å²) in [5.74, 6) is -2.83. The van der Waals surface area contributed by atoms with Gasteiger partial charge in [-0.25, -0.2) is 0 Å². The Bertz CT molecular complexity index is 3280. The number of carbonyl (C=O) groups excluding carboxylic acids is 2. The van der Waals surface area contributed by atoms with Crippen LogP contribution in [0, 0.1) is 34.1 Å². The number of anilines is 2. The minimum Gasteiger partial charge on any atom is -0.505 e. The molecule has 8 aromatic carbocycles. The average molecular weight is 937 g/mol. The molecule has 0 saturated carbocycles. The number of hydrogen-bond acceptors (Lipinski definition) is 14. The number of nitro groups is 2. The second-order valence-corrected chi connectivity index (χ2v) is 14.5. The molecule has 8 aromatic rings. The zero-order valence-corrected chi connectivity index (χ0v) is 36.5. The molecule has 0 aliphatic heterocycles. The van der Waals surface area contributed by atoms with Crippen molar-refractivity contribution in [3.8, 4) is 23.0 Å². The summed E-state index contributed by atoms with van der Waals surface area (Å²) in [4.78, 5) is 46.2. The van der Waals surface area contributed by atoms with E-state index in [9.17, 15) is 50.2 Å². The number of nitrogens with zero attached hydrogens (tertiary/aromatic N) is 6. The van der Waals surface area contributed by atoms with Gasteiger partial charge in [-0.1, -0.05) is 91.0 Å². The van der Waals surface area contributed by atoms with Gasteiger partial charge in [0.25, 0.3) is 17.5 Å². The number of non-ortho nitro benzene ring substituents is 1. The molecular weight excluding hydrogens is 901 g/mol. The fraction of sp³-hybridized carbons (Fsp3) is 0.0417. The maximum Gasteiger partial charge on any atom is 0.319 e. The monoisotopic (exact) mass is 936 g/mol. The van der Waals surface area contributed by atoms with Crippen molar-refractivity contribution in [3.63, 3.8) is 0 Å². The first-order valence-corrected chi connectivity index (χ1v) is 19.7. The predicted molar refractivity (Wildman–Crippen MR) is 247 cm³/mol. The molecular formula is C48H36CrN8O10. The molecule has 18 nitrogen and oxygen atoms in total. The van der Waals surface area contributed by atoms with E-state index in [1.54, 1.807) is 91.9 Å². The molecule has 19 heteroatoms. The third-order valence-electron chi connectivity index (χ3n) is 9.95. The van der Waals surface area contributed by atoms with Crippen LogP contribution in [0.2, 0.25) is 0 Å². The number of amides is 2. The van der Waals surface area contributed by atoms with Crippen molar-refractivity contribution >= 4 is 78.9 Å². The van der Waals surface area contributed by atoms with Crippen LogP contribution in [0.3, 0.4) is 0 Å². The number of azo groups is 2. The van der Waals surface area contributed by atoms with Crippen LogP contribution in [0.5, 0.6) is 23.0 Å². The van der Waals surface area contributed by atoms with Crippen LogP contribution in [-0.2, 0) is 17.4 Å². The normalized spacial score (nSPS) is 10.9. The summed E-state index contributed by atoms with van der Waals surface area (Å²) in [6.07, 6.45) is 0. The number of nitrogens with one attached hydrogen (secondary N) is 2. The molecule has 0 bridgehead atoms. The van der Waals surface area contributed by atoms with E-state index in [-0.39, 0.29) is 51.4 Å². The summed E-state index contributed by atoms with van der Waals surface area (Å²) >= 11 is 0. The summed E-state index contributed by atoms with van der Waals surface area (Å²) in [6.45, 7) is 3.68. The number of rotatable bonds is 10. The van der Waals surface area contributed by atoms with E-state index < -0.39 is 50.2 Å². The average Bonchev–Trinajstić information content (AvgIpc) is 3.30. The van der Waals surface area contributed by atoms with Crippen molar-refractivity contribution < 1.29 is 57.2 Å². The second-order valence-electron chi connectivity index (χ2n) is 14.5. The maximum atomic E-state index is 12.9. The number of phenolic OH excluding ortho intramolecular Hbond substituents is 4. The number of nitro benzene ring substituents is 2. The predicted octanol–water partition coefficient (Wildman–Crippen LogP) is 12.3. The fourth-order valence-electron chi connectivity index (χ4n) is 6.76. The Hall–Kier alpha value is -9.05. The Morgan fingerprint density at radius 1 is 0.507 bits per heavy atom. The topological polar surface area (TPSA) is 275 Å². The van der Waals surface area contributed by atoms with Crippen LogP contribution in [0.25, 0.3) is 21.5 Å². The van der Waals surface area contributed by atoms with Crippen LogP contribution >= 0.6 is 0 Å². The Balaban J connectivity index is 0.000000219. The molecule has 0 atom stereocenters. The molecule has 0 unspecified atom stereocenters. The van der Waals surface area contributed by atoms with E-state index in [1.807, 2.05) is 49.4 Å². The van der Waals surface area contributed by atoms with Crippen molar-refractivity contribution in [1.82, 2.24) is 0 Å². The van der Waals surface area contributed by atoms with Gasteiger partial charge in [0, 0.05) is 45.6 Å². The summed E-state index contributed by atoms with van der Waals surface area (Å²) < 4.78 is 0. The second kappa shape index (κ2) is 20.6. The van der Waals surface area contributed by atoms with Crippen molar-refractivity contribution in [2.24, 2.45) is 20.5 Å². The van der Waals surface area contributed by atoms with Gasteiger partial charge >= 0.3 is 5.69 Å². The van der Waals surface area contributed by atoms with Crippen LogP contribution in [-0.4, -0.2) is 42.1 Å². The van der Waals surface area contributed by atoms with Gasteiger partial charge in [0.2, 0.25) is 5.75 Å². The molecule has 0 aromatic heterocycles. The van der Waals surface area contributed by atoms with Gasteiger partial charge in [-0.05, 0) is 78.2 Å². The summed E-state index contributed by atoms with van der Waals surface area (Å²) in [7, 11) is 0. The zero-order chi connectivity index (χ0) is 47.1. The van der Waals surface area contributed by atoms with Crippen LogP contribution in [0.4, 0.5) is 45.5 Å². The van der Waals surface area contributed by atoms with Crippen molar-refractivity contribution in [1.29, 1.82) is 0 Å². The molecule has 0 heterocycles. The van der Waals surface area contributed by atoms with E-state index in [4.69, 9.17) is 0 Å². The molecule has 0 aliphatic rings. The minimum atomic E-state index is -0.997. The van der Waals surface area contributed by atoms with Gasteiger partial charge in [-0.2, -0.15) is 0 Å². The largest absolute Gasteiger partial charge is 0.505 e. The number of aromatic hydroxyl groups is 4. The maximum absolute atomic E-state index is 12.9. The summed E-state index contributed by atoms with van der Waals surface area (Å²) in [5, 5.41) is 88.4. The molecule has 67 heavy (non-hydrogen) atoms. The van der Waals surface area contributed by atoms with Gasteiger partial charge in [0.15, 0.2) is 11.5 Å². The van der Waals surface area contributed by atoms with Gasteiger partial charge < -0.3 is 31.1 Å². The SMILES string of the molecule is Cc1cc(C)c(O)c(N=Nc2c(O)c(C(=O)Nc3ccccc3)cc3ccccc23)c1.O=C(Nc1ccccc1)c1cc2ccccc2c(N=Nc2cc([N+](=O)[O-])cc([N+](=O)[O-])c2O)c1O.[Cr]. The van der Waals surface area contributed by atoms with E-state index in [2.05, 4.69) is 31.1 Å². The molecule has 6 N–H and O–H groups in total. The van der Waals surface area contributed by atoms with Gasteiger partial charge in [-0.3, -0.25) is 29.8 Å². The number of phenols is 4. The standard InChI is InChI=1S/C25H21N3O3.C23H15N5O7.Cr/c1-15-12-16(2)23(29)21(13-15)27-28-22-19-11-7-6-8-17(19)14-20(24(22)30)25(31)26-18-9-4-3-5-10-18;29-21-17(23(31)24-14-7-2-1-3-8-14)10-13-6-4-5-9-16(13)20(21)26-25-18-11-15(27(32)33)12-19(22(18)30)28(34)35;/h3-14,29-30H,1-2H3,(H,26,31);1-12,29-30H,(H,24,31);. The zero-order valence-electron chi connectivity index (χ0n) is 35.2. The quantitative estimate of drug-likeness (QED) is 0.0428. The van der Waals surface area contributed by atoms with Crippen LogP contribution in [0.1, 0.15) is 31.8 Å². The van der Waals surface area contributed by atoms with Crippen LogP contribution in [0.15, 0.2) is 166 Å². The number of hydrogen-bond donors (Lipinski definition) is 6. The third-order valence-corrected chi connectivity index (χ3v) is 9.95. The Morgan fingerprint density at radius 2 is 0.940 bits per heavy atom. The first-order chi connectivity index (χ1) is 31.7. The number of benzene rings is 8. The number of fused-ring (bicyclic) bond motifs is 2. The Kier molecular flexibility index (Phi) is 14.6. The first-order valence-electron chi connectivity index (χ1n) is 19.7.